The molecule has 2 rings (SSSR count). The Balaban J connectivity index is 2.08. The molecule has 1 heterocycles. The number of carbonyl (C=O) groups is 2. The zero-order chi connectivity index (χ0) is 20.5. The van der Waals surface area contributed by atoms with Gasteiger partial charge in [0.1, 0.15) is 0 Å². The van der Waals surface area contributed by atoms with Gasteiger partial charge in [-0.25, -0.2) is 4.79 Å². The number of thioether (sulfide) groups is 1. The normalized spacial score (nSPS) is 16.8. The molecule has 1 aromatic carbocycles. The maximum Gasteiger partial charge on any atom is 0.331 e. The fourth-order valence-electron chi connectivity index (χ4n) is 2.04. The quantitative estimate of drug-likeness (QED) is 0.309. The van der Waals surface area contributed by atoms with E-state index in [1.165, 1.54) is 13.3 Å². The standard InChI is InChI=1S/C19H23N3O5S/c1-5-26-15-8-13(6-7-14(15)27-11-12(2)3)10-20-22-19-21-18(24)16(28-19)9-17(23)25-4/h6-10,12H,5,11H2,1-4H3,(H,21,22,24)/b16-9+,20-10?. The van der Waals surface area contributed by atoms with Crippen LogP contribution in [-0.2, 0) is 14.3 Å². The minimum atomic E-state index is -0.606. The molecule has 1 N–H and O–H groups in total. The Labute approximate surface area is 168 Å². The number of nitrogens with zero attached hydrogens (tertiary/aromatic N) is 2. The first-order chi connectivity index (χ1) is 13.4. The zero-order valence-corrected chi connectivity index (χ0v) is 17.0. The van der Waals surface area contributed by atoms with Crippen LogP contribution in [0.5, 0.6) is 11.5 Å². The highest BCUT2D eigenvalue weighted by Crippen LogP contribution is 2.28. The van der Waals surface area contributed by atoms with Crippen LogP contribution in [0.15, 0.2) is 39.4 Å². The van der Waals surface area contributed by atoms with E-state index in [4.69, 9.17) is 9.47 Å². The number of nitrogens with one attached hydrogen (secondary N) is 1. The summed E-state index contributed by atoms with van der Waals surface area (Å²) in [6.07, 6.45) is 2.65. The van der Waals surface area contributed by atoms with E-state index in [1.54, 1.807) is 0 Å². The van der Waals surface area contributed by atoms with Crippen molar-refractivity contribution in [2.45, 2.75) is 20.8 Å². The van der Waals surface area contributed by atoms with Crippen LogP contribution < -0.4 is 14.8 Å². The summed E-state index contributed by atoms with van der Waals surface area (Å²) in [7, 11) is 1.24. The molecule has 1 amide bonds. The van der Waals surface area contributed by atoms with Crippen LogP contribution in [0.25, 0.3) is 0 Å². The molecule has 1 aliphatic heterocycles. The van der Waals surface area contributed by atoms with Gasteiger partial charge in [0.15, 0.2) is 16.7 Å². The van der Waals surface area contributed by atoms with Crippen LogP contribution in [-0.4, -0.2) is 43.6 Å². The smallest absolute Gasteiger partial charge is 0.331 e. The van der Waals surface area contributed by atoms with Crippen LogP contribution >= 0.6 is 11.8 Å². The van der Waals surface area contributed by atoms with Crippen LogP contribution in [0.4, 0.5) is 0 Å². The van der Waals surface area contributed by atoms with Crippen molar-refractivity contribution in [3.8, 4) is 11.5 Å². The molecule has 0 aromatic heterocycles. The lowest BCUT2D eigenvalue weighted by atomic mass is 10.2. The van der Waals surface area contributed by atoms with Gasteiger partial charge in [-0.1, -0.05) is 13.8 Å². The molecular formula is C19H23N3O5S. The van der Waals surface area contributed by atoms with E-state index in [0.29, 0.717) is 30.6 Å². The Morgan fingerprint density at radius 2 is 2.07 bits per heavy atom. The molecule has 0 unspecified atom stereocenters. The number of carbonyl (C=O) groups excluding carboxylic acids is 2. The van der Waals surface area contributed by atoms with Crippen molar-refractivity contribution in [2.24, 2.45) is 16.1 Å². The van der Waals surface area contributed by atoms with Crippen molar-refractivity contribution >= 4 is 35.0 Å². The highest BCUT2D eigenvalue weighted by atomic mass is 32.2. The lowest BCUT2D eigenvalue weighted by Gasteiger charge is -2.13. The van der Waals surface area contributed by atoms with E-state index in [2.05, 4.69) is 34.1 Å². The third-order valence-electron chi connectivity index (χ3n) is 3.30. The second kappa shape index (κ2) is 10.5. The predicted octanol–water partition coefficient (Wildman–Crippen LogP) is 2.73. The number of benzene rings is 1. The molecule has 28 heavy (non-hydrogen) atoms. The number of rotatable bonds is 8. The fourth-order valence-corrected chi connectivity index (χ4v) is 2.78. The third-order valence-corrected chi connectivity index (χ3v) is 4.20. The van der Waals surface area contributed by atoms with Crippen molar-refractivity contribution in [2.75, 3.05) is 20.3 Å². The van der Waals surface area contributed by atoms with Gasteiger partial charge in [-0.05, 0) is 48.4 Å². The van der Waals surface area contributed by atoms with E-state index < -0.39 is 11.9 Å². The van der Waals surface area contributed by atoms with Crippen molar-refractivity contribution < 1.29 is 23.8 Å². The summed E-state index contributed by atoms with van der Waals surface area (Å²) < 4.78 is 15.9. The van der Waals surface area contributed by atoms with Crippen molar-refractivity contribution in [3.63, 3.8) is 0 Å². The van der Waals surface area contributed by atoms with E-state index in [9.17, 15) is 9.59 Å². The van der Waals surface area contributed by atoms with Gasteiger partial charge in [0.2, 0.25) is 0 Å². The molecule has 1 saturated heterocycles. The van der Waals surface area contributed by atoms with Gasteiger partial charge in [-0.3, -0.25) is 10.1 Å². The van der Waals surface area contributed by atoms with E-state index >= 15 is 0 Å². The molecule has 0 saturated carbocycles. The average molecular weight is 405 g/mol. The molecule has 0 spiro atoms. The molecule has 0 atom stereocenters. The lowest BCUT2D eigenvalue weighted by molar-refractivity contribution is -0.135. The lowest BCUT2D eigenvalue weighted by Crippen LogP contribution is -2.19. The van der Waals surface area contributed by atoms with Gasteiger partial charge >= 0.3 is 5.97 Å². The molecule has 150 valence electrons. The Kier molecular flexibility index (Phi) is 8.06. The Bertz CT molecular complexity index is 818. The maximum absolute atomic E-state index is 11.8. The van der Waals surface area contributed by atoms with Gasteiger partial charge in [0, 0.05) is 6.08 Å². The first-order valence-electron chi connectivity index (χ1n) is 8.72. The van der Waals surface area contributed by atoms with Crippen LogP contribution in [0.2, 0.25) is 0 Å². The first-order valence-corrected chi connectivity index (χ1v) is 9.54. The van der Waals surface area contributed by atoms with Crippen LogP contribution in [0.1, 0.15) is 26.3 Å². The Morgan fingerprint density at radius 1 is 1.29 bits per heavy atom. The molecule has 1 fully saturated rings. The fraction of sp³-hybridized carbons (Fsp3) is 0.368. The molecule has 1 aromatic rings. The summed E-state index contributed by atoms with van der Waals surface area (Å²) in [5, 5.41) is 10.8. The monoisotopic (exact) mass is 405 g/mol. The molecule has 1 aliphatic rings. The second-order valence-corrected chi connectivity index (χ2v) is 7.11. The largest absolute Gasteiger partial charge is 0.490 e. The first kappa shape index (κ1) is 21.5. The number of methoxy groups -OCH3 is 1. The van der Waals surface area contributed by atoms with Crippen molar-refractivity contribution in [1.29, 1.82) is 0 Å². The summed E-state index contributed by atoms with van der Waals surface area (Å²) >= 11 is 1.01. The van der Waals surface area contributed by atoms with Gasteiger partial charge < -0.3 is 14.2 Å². The van der Waals surface area contributed by atoms with Crippen LogP contribution in [0.3, 0.4) is 0 Å². The minimum Gasteiger partial charge on any atom is -0.490 e. The van der Waals surface area contributed by atoms with Gasteiger partial charge in [0.25, 0.3) is 5.91 Å². The maximum atomic E-state index is 11.8. The Hall–Kier alpha value is -2.81. The summed E-state index contributed by atoms with van der Waals surface area (Å²) in [6, 6.07) is 5.47. The zero-order valence-electron chi connectivity index (χ0n) is 16.2. The second-order valence-electron chi connectivity index (χ2n) is 6.08. The highest BCUT2D eigenvalue weighted by Gasteiger charge is 2.25. The van der Waals surface area contributed by atoms with Gasteiger partial charge in [-0.15, -0.1) is 5.10 Å². The number of amides is 1. The summed E-state index contributed by atoms with van der Waals surface area (Å²) in [5.41, 5.74) is 0.768. The number of esters is 1. The number of hydrogen-bond acceptors (Lipinski definition) is 8. The predicted molar refractivity (Wildman–Crippen MR) is 109 cm³/mol. The summed E-state index contributed by atoms with van der Waals surface area (Å²) in [4.78, 5) is 23.2. The summed E-state index contributed by atoms with van der Waals surface area (Å²) in [6.45, 7) is 7.16. The van der Waals surface area contributed by atoms with E-state index in [1.807, 2.05) is 25.1 Å². The third kappa shape index (κ3) is 6.41. The van der Waals surface area contributed by atoms with E-state index in [0.717, 1.165) is 23.4 Å². The van der Waals surface area contributed by atoms with Crippen molar-refractivity contribution in [1.82, 2.24) is 5.32 Å². The van der Waals surface area contributed by atoms with Crippen molar-refractivity contribution in [3.05, 3.63) is 34.7 Å². The molecule has 0 bridgehead atoms. The molecule has 8 nitrogen and oxygen atoms in total. The average Bonchev–Trinajstić information content (AvgIpc) is 3.00. The van der Waals surface area contributed by atoms with Gasteiger partial charge in [0.05, 0.1) is 31.4 Å². The topological polar surface area (TPSA) is 98.6 Å². The molecule has 0 radical (unpaired) electrons. The SMILES string of the molecule is CCOc1cc(C=N/N=C2/NC(=O)/C(=C\C(=O)OC)S2)ccc1OCC(C)C. The minimum absolute atomic E-state index is 0.200. The van der Waals surface area contributed by atoms with Crippen LogP contribution in [0, 0.1) is 5.92 Å². The number of ether oxygens (including phenoxy) is 3. The highest BCUT2D eigenvalue weighted by molar-refractivity contribution is 8.18. The molecule has 9 heteroatoms. The summed E-state index contributed by atoms with van der Waals surface area (Å²) in [5.74, 6) is 0.686. The van der Waals surface area contributed by atoms with Gasteiger partial charge in [-0.2, -0.15) is 5.10 Å². The molecule has 0 aliphatic carbocycles. The van der Waals surface area contributed by atoms with E-state index in [-0.39, 0.29) is 10.1 Å². The Morgan fingerprint density at radius 3 is 2.75 bits per heavy atom. The number of hydrogen-bond donors (Lipinski definition) is 1. The number of amidine groups is 1. The molecular weight excluding hydrogens is 382 g/mol.